The molecule has 0 aliphatic carbocycles. The highest BCUT2D eigenvalue weighted by atomic mass is 32.2. The Bertz CT molecular complexity index is 1700. The molecule has 1 aromatic heterocycles. The molecule has 1 amide bonds. The van der Waals surface area contributed by atoms with Gasteiger partial charge in [-0.15, -0.1) is 0 Å². The number of amidine groups is 1. The van der Waals surface area contributed by atoms with Crippen LogP contribution in [-0.4, -0.2) is 54.7 Å². The number of aryl methyl sites for hydroxylation is 1. The fourth-order valence-corrected chi connectivity index (χ4v) is 5.53. The third-order valence-electron chi connectivity index (χ3n) is 6.95. The van der Waals surface area contributed by atoms with Crippen molar-refractivity contribution in [2.45, 2.75) is 46.6 Å². The molecule has 1 aliphatic heterocycles. The molecule has 8 nitrogen and oxygen atoms in total. The summed E-state index contributed by atoms with van der Waals surface area (Å²) in [7, 11) is -3.23. The summed E-state index contributed by atoms with van der Waals surface area (Å²) in [5, 5.41) is 1.10. The van der Waals surface area contributed by atoms with E-state index < -0.39 is 15.7 Å². The number of amides is 1. The van der Waals surface area contributed by atoms with Crippen LogP contribution in [-0.2, 0) is 21.2 Å². The molecule has 0 saturated carbocycles. The van der Waals surface area contributed by atoms with Crippen LogP contribution in [0.5, 0.6) is 0 Å². The average molecular weight is 567 g/mol. The Labute approximate surface area is 233 Å². The SMILES string of the molecule is CCCN(CCC)C(=O)C1=Cc2c(F)cc(-c3ccc4c(=O)n(CCS(C)(=O)=O)c(C)cc4c3)cc2N=C(N)C1. The molecular weight excluding hydrogens is 531 g/mol. The van der Waals surface area contributed by atoms with E-state index in [0.29, 0.717) is 51.9 Å². The van der Waals surface area contributed by atoms with Crippen molar-refractivity contribution in [2.75, 3.05) is 25.1 Å². The van der Waals surface area contributed by atoms with Gasteiger partial charge in [-0.2, -0.15) is 0 Å². The predicted molar refractivity (Wildman–Crippen MR) is 159 cm³/mol. The smallest absolute Gasteiger partial charge is 0.258 e. The Morgan fingerprint density at radius 1 is 1.10 bits per heavy atom. The van der Waals surface area contributed by atoms with Gasteiger partial charge in [-0.3, -0.25) is 9.59 Å². The minimum Gasteiger partial charge on any atom is -0.387 e. The lowest BCUT2D eigenvalue weighted by Crippen LogP contribution is -2.34. The molecule has 0 spiro atoms. The van der Waals surface area contributed by atoms with Crippen LogP contribution in [0.1, 0.15) is 44.4 Å². The van der Waals surface area contributed by atoms with Gasteiger partial charge in [0.15, 0.2) is 0 Å². The van der Waals surface area contributed by atoms with Gasteiger partial charge < -0.3 is 15.2 Å². The van der Waals surface area contributed by atoms with Crippen LogP contribution in [0.4, 0.5) is 10.1 Å². The molecule has 0 bridgehead atoms. The first kappa shape index (κ1) is 29.2. The number of sulfone groups is 1. The second-order valence-electron chi connectivity index (χ2n) is 10.3. The highest BCUT2D eigenvalue weighted by Gasteiger charge is 2.23. The first-order valence-electron chi connectivity index (χ1n) is 13.4. The topological polar surface area (TPSA) is 115 Å². The summed E-state index contributed by atoms with van der Waals surface area (Å²) in [6.45, 7) is 7.06. The zero-order chi connectivity index (χ0) is 29.2. The molecule has 3 aromatic rings. The molecule has 2 heterocycles. The van der Waals surface area contributed by atoms with Gasteiger partial charge >= 0.3 is 0 Å². The maximum Gasteiger partial charge on any atom is 0.258 e. The van der Waals surface area contributed by atoms with Crippen molar-refractivity contribution in [3.8, 4) is 11.1 Å². The van der Waals surface area contributed by atoms with Crippen molar-refractivity contribution in [2.24, 2.45) is 10.7 Å². The zero-order valence-electron chi connectivity index (χ0n) is 23.3. The Kier molecular flexibility index (Phi) is 8.58. The molecule has 0 saturated heterocycles. The van der Waals surface area contributed by atoms with Gasteiger partial charge in [-0.25, -0.2) is 17.8 Å². The van der Waals surface area contributed by atoms with Crippen molar-refractivity contribution < 1.29 is 17.6 Å². The van der Waals surface area contributed by atoms with Crippen molar-refractivity contribution in [1.82, 2.24) is 9.47 Å². The maximum absolute atomic E-state index is 15.6. The normalized spacial score (nSPS) is 13.4. The number of rotatable bonds is 9. The van der Waals surface area contributed by atoms with Gasteiger partial charge in [0.05, 0.1) is 11.4 Å². The highest BCUT2D eigenvalue weighted by Crippen LogP contribution is 2.35. The highest BCUT2D eigenvalue weighted by molar-refractivity contribution is 7.90. The Morgan fingerprint density at radius 3 is 2.45 bits per heavy atom. The lowest BCUT2D eigenvalue weighted by atomic mass is 9.98. The molecule has 4 rings (SSSR count). The molecular formula is C30H35FN4O4S. The van der Waals surface area contributed by atoms with Crippen molar-refractivity contribution in [1.29, 1.82) is 0 Å². The number of carbonyl (C=O) groups excluding carboxylic acids is 1. The molecule has 0 radical (unpaired) electrons. The largest absolute Gasteiger partial charge is 0.387 e. The van der Waals surface area contributed by atoms with Crippen LogP contribution in [0.15, 0.2) is 51.8 Å². The molecule has 10 heteroatoms. The number of benzene rings is 2. The van der Waals surface area contributed by atoms with E-state index in [9.17, 15) is 18.0 Å². The molecule has 0 atom stereocenters. The molecule has 2 N–H and O–H groups in total. The molecule has 40 heavy (non-hydrogen) atoms. The molecule has 0 fully saturated rings. The summed E-state index contributed by atoms with van der Waals surface area (Å²) < 4.78 is 40.2. The van der Waals surface area contributed by atoms with Gasteiger partial charge in [0, 0.05) is 54.5 Å². The van der Waals surface area contributed by atoms with Gasteiger partial charge in [-0.05, 0) is 72.7 Å². The fraction of sp³-hybridized carbons (Fsp3) is 0.367. The van der Waals surface area contributed by atoms with Gasteiger partial charge in [0.2, 0.25) is 5.91 Å². The Balaban J connectivity index is 1.74. The molecule has 2 aromatic carbocycles. The van der Waals surface area contributed by atoms with E-state index in [2.05, 4.69) is 4.99 Å². The maximum atomic E-state index is 15.6. The zero-order valence-corrected chi connectivity index (χ0v) is 24.1. The van der Waals surface area contributed by atoms with Crippen LogP contribution in [0.3, 0.4) is 0 Å². The summed E-state index contributed by atoms with van der Waals surface area (Å²) in [6.07, 6.45) is 4.46. The van der Waals surface area contributed by atoms with E-state index in [4.69, 9.17) is 5.73 Å². The number of nitrogens with zero attached hydrogens (tertiary/aromatic N) is 3. The second kappa shape index (κ2) is 11.8. The predicted octanol–water partition coefficient (Wildman–Crippen LogP) is 4.59. The Morgan fingerprint density at radius 2 is 1.80 bits per heavy atom. The number of aromatic nitrogens is 1. The monoisotopic (exact) mass is 566 g/mol. The number of halogens is 1. The Hall–Kier alpha value is -3.79. The third-order valence-corrected chi connectivity index (χ3v) is 7.87. The van der Waals surface area contributed by atoms with Crippen LogP contribution < -0.4 is 11.3 Å². The van der Waals surface area contributed by atoms with E-state index in [-0.39, 0.29) is 41.6 Å². The second-order valence-corrected chi connectivity index (χ2v) is 12.6. The fourth-order valence-electron chi connectivity index (χ4n) is 5.02. The number of hydrogen-bond acceptors (Lipinski definition) is 6. The summed E-state index contributed by atoms with van der Waals surface area (Å²) >= 11 is 0. The number of fused-ring (bicyclic) bond motifs is 2. The van der Waals surface area contributed by atoms with E-state index in [1.165, 1.54) is 10.6 Å². The van der Waals surface area contributed by atoms with Gasteiger partial charge in [0.1, 0.15) is 21.5 Å². The van der Waals surface area contributed by atoms with Gasteiger partial charge in [0.25, 0.3) is 5.56 Å². The van der Waals surface area contributed by atoms with Crippen LogP contribution >= 0.6 is 0 Å². The summed E-state index contributed by atoms with van der Waals surface area (Å²) in [5.41, 5.74) is 8.71. The average Bonchev–Trinajstić information content (AvgIpc) is 3.05. The van der Waals surface area contributed by atoms with E-state index in [0.717, 1.165) is 19.1 Å². The lowest BCUT2D eigenvalue weighted by molar-refractivity contribution is -0.127. The van der Waals surface area contributed by atoms with E-state index >= 15 is 4.39 Å². The number of carbonyl (C=O) groups is 1. The summed E-state index contributed by atoms with van der Waals surface area (Å²) in [5.74, 6) is -0.593. The van der Waals surface area contributed by atoms with E-state index in [1.54, 1.807) is 42.2 Å². The van der Waals surface area contributed by atoms with Crippen molar-refractivity contribution in [3.05, 3.63) is 69.4 Å². The standard InChI is InChI=1S/C30H35FN4O4S/c1-5-9-34(10-6-2)29(36)23-15-25-26(31)16-21(17-27(25)33-28(32)18-23)20-7-8-24-22(14-20)13-19(3)35(30(24)37)11-12-40(4,38)39/h7-8,13-17H,5-6,9-12,18H2,1-4H3,(H2,32,33). The van der Waals surface area contributed by atoms with Crippen molar-refractivity contribution in [3.63, 3.8) is 0 Å². The number of nitrogens with two attached hydrogens (primary N) is 1. The number of pyridine rings is 1. The first-order valence-corrected chi connectivity index (χ1v) is 15.5. The number of hydrogen-bond donors (Lipinski definition) is 1. The molecule has 212 valence electrons. The summed E-state index contributed by atoms with van der Waals surface area (Å²) in [6, 6.07) is 10.1. The molecule has 1 aliphatic rings. The molecule has 0 unspecified atom stereocenters. The lowest BCUT2D eigenvalue weighted by Gasteiger charge is -2.22. The third kappa shape index (κ3) is 6.33. The summed E-state index contributed by atoms with van der Waals surface area (Å²) in [4.78, 5) is 32.5. The van der Waals surface area contributed by atoms with Crippen molar-refractivity contribution >= 4 is 44.1 Å². The van der Waals surface area contributed by atoms with Crippen LogP contribution in [0, 0.1) is 12.7 Å². The minimum atomic E-state index is -3.23. The van der Waals surface area contributed by atoms with E-state index in [1.807, 2.05) is 19.9 Å². The van der Waals surface area contributed by atoms with Gasteiger partial charge in [-0.1, -0.05) is 19.9 Å². The number of aliphatic imine (C=N–C) groups is 1. The van der Waals surface area contributed by atoms with Crippen LogP contribution in [0.25, 0.3) is 28.0 Å². The minimum absolute atomic E-state index is 0.0727. The quantitative estimate of drug-likeness (QED) is 0.407. The first-order chi connectivity index (χ1) is 18.9. The van der Waals surface area contributed by atoms with Crippen LogP contribution in [0.2, 0.25) is 0 Å².